The normalized spacial score (nSPS) is 13.0. The van der Waals surface area contributed by atoms with E-state index in [4.69, 9.17) is 0 Å². The predicted octanol–water partition coefficient (Wildman–Crippen LogP) is 6.97. The summed E-state index contributed by atoms with van der Waals surface area (Å²) < 4.78 is 1.62. The number of fused-ring (bicyclic) bond motifs is 2. The summed E-state index contributed by atoms with van der Waals surface area (Å²) in [5.74, 6) is 0. The minimum Gasteiger partial charge on any atom is -0.247 e. The zero-order chi connectivity index (χ0) is 23.6. The fourth-order valence-corrected chi connectivity index (χ4v) is 6.40. The van der Waals surface area contributed by atoms with E-state index in [1.807, 2.05) is 85.3 Å². The molecule has 170 valence electrons. The molecule has 34 heavy (non-hydrogen) atoms. The van der Waals surface area contributed by atoms with Crippen molar-refractivity contribution in [1.82, 2.24) is 9.97 Å². The van der Waals surface area contributed by atoms with Gasteiger partial charge in [0.05, 0.1) is 34.9 Å². The van der Waals surface area contributed by atoms with Crippen LogP contribution < -0.4 is 0 Å². The Hall–Kier alpha value is -2.66. The van der Waals surface area contributed by atoms with Gasteiger partial charge in [0.25, 0.3) is 0 Å². The van der Waals surface area contributed by atoms with E-state index in [1.54, 1.807) is 12.4 Å². The Kier molecular flexibility index (Phi) is 9.14. The van der Waals surface area contributed by atoms with Gasteiger partial charge in [-0.25, -0.2) is 9.97 Å². The maximum atomic E-state index is 4.58. The maximum absolute atomic E-state index is 4.58. The number of aromatic nitrogens is 2. The number of pyridine rings is 2. The van der Waals surface area contributed by atoms with Crippen molar-refractivity contribution in [2.75, 3.05) is 12.5 Å². The number of para-hydroxylation sites is 2. The van der Waals surface area contributed by atoms with Crippen LogP contribution in [-0.2, 0) is 0 Å². The second kappa shape index (κ2) is 12.7. The lowest BCUT2D eigenvalue weighted by molar-refractivity contribution is 1.26. The van der Waals surface area contributed by atoms with E-state index in [-0.39, 0.29) is 0 Å². The van der Waals surface area contributed by atoms with Gasteiger partial charge in [-0.1, -0.05) is 48.5 Å². The third kappa shape index (κ3) is 6.92. The highest BCUT2D eigenvalue weighted by atomic mass is 33.1. The highest BCUT2D eigenvalue weighted by Gasteiger charge is 2.05. The summed E-state index contributed by atoms with van der Waals surface area (Å²) >= 11 is 3.05. The summed E-state index contributed by atoms with van der Waals surface area (Å²) in [4.78, 5) is 9.16. The van der Waals surface area contributed by atoms with Crippen molar-refractivity contribution < 1.29 is 0 Å². The first-order valence-corrected chi connectivity index (χ1v) is 14.7. The van der Waals surface area contributed by atoms with Crippen LogP contribution in [0.2, 0.25) is 0 Å². The van der Waals surface area contributed by atoms with E-state index in [0.29, 0.717) is 0 Å². The van der Waals surface area contributed by atoms with Crippen LogP contribution >= 0.6 is 45.1 Å². The molecular formula is C24H20N6S4. The lowest BCUT2D eigenvalue weighted by Crippen LogP contribution is -1.89. The van der Waals surface area contributed by atoms with Gasteiger partial charge in [-0.3, -0.25) is 0 Å². The summed E-state index contributed by atoms with van der Waals surface area (Å²) in [6.07, 6.45) is 7.27. The topological polar surface area (TPSA) is 75.2 Å². The number of rotatable bonds is 4. The minimum atomic E-state index is 0.767. The first-order chi connectivity index (χ1) is 16.7. The van der Waals surface area contributed by atoms with E-state index < -0.39 is 0 Å². The summed E-state index contributed by atoms with van der Waals surface area (Å²) in [6.45, 7) is 0. The first-order valence-electron chi connectivity index (χ1n) is 10.1. The molecule has 2 aromatic carbocycles. The number of hydrogen-bond acceptors (Lipinski definition) is 10. The highest BCUT2D eigenvalue weighted by Crippen LogP contribution is 2.32. The molecule has 0 saturated heterocycles. The van der Waals surface area contributed by atoms with Crippen molar-refractivity contribution in [3.63, 3.8) is 0 Å². The number of thioether (sulfide) groups is 2. The lowest BCUT2D eigenvalue weighted by atomic mass is 10.2. The van der Waals surface area contributed by atoms with Crippen LogP contribution in [-0.4, -0.2) is 43.7 Å². The molecule has 0 atom stereocenters. The van der Waals surface area contributed by atoms with Crippen LogP contribution in [0.5, 0.6) is 0 Å². The molecule has 4 aromatic rings. The van der Waals surface area contributed by atoms with Gasteiger partial charge >= 0.3 is 0 Å². The van der Waals surface area contributed by atoms with Crippen LogP contribution in [0, 0.1) is 0 Å². The van der Waals surface area contributed by atoms with Crippen molar-refractivity contribution in [1.29, 1.82) is 0 Å². The van der Waals surface area contributed by atoms with Gasteiger partial charge in [-0.05, 0) is 58.4 Å². The Bertz CT molecular complexity index is 1290. The molecule has 2 aromatic heterocycles. The molecule has 6 nitrogen and oxygen atoms in total. The molecule has 0 radical (unpaired) electrons. The molecule has 0 fully saturated rings. The fraction of sp³-hybridized carbons (Fsp3) is 0.0833. The zero-order valence-corrected chi connectivity index (χ0v) is 21.7. The molecule has 0 aliphatic heterocycles. The number of hydrogen-bond donors (Lipinski definition) is 0. The van der Waals surface area contributed by atoms with E-state index in [0.717, 1.165) is 41.9 Å². The van der Waals surface area contributed by atoms with Crippen molar-refractivity contribution in [3.8, 4) is 0 Å². The number of benzene rings is 2. The summed E-state index contributed by atoms with van der Waals surface area (Å²) in [5.41, 5.74) is 3.41. The molecule has 0 saturated carbocycles. The SMILES string of the molecule is CS/C(=N\N=C\c1ccc2ccccc2n1)SS/C(=N/N=C/c1ccc2ccccc2n1)SC. The van der Waals surface area contributed by atoms with Gasteiger partial charge in [-0.2, -0.15) is 10.2 Å². The van der Waals surface area contributed by atoms with E-state index in [2.05, 4.69) is 30.4 Å². The van der Waals surface area contributed by atoms with Gasteiger partial charge in [-0.15, -0.1) is 33.7 Å². The molecule has 0 unspecified atom stereocenters. The van der Waals surface area contributed by atoms with Crippen LogP contribution in [0.15, 0.2) is 93.2 Å². The van der Waals surface area contributed by atoms with Crippen molar-refractivity contribution in [2.45, 2.75) is 0 Å². The van der Waals surface area contributed by atoms with Crippen LogP contribution in [0.4, 0.5) is 0 Å². The summed E-state index contributed by atoms with van der Waals surface area (Å²) in [5, 5.41) is 19.3. The van der Waals surface area contributed by atoms with Crippen LogP contribution in [0.1, 0.15) is 11.4 Å². The lowest BCUT2D eigenvalue weighted by Gasteiger charge is -2.01. The van der Waals surface area contributed by atoms with Crippen LogP contribution in [0.3, 0.4) is 0 Å². The molecule has 10 heteroatoms. The van der Waals surface area contributed by atoms with E-state index in [9.17, 15) is 0 Å². The molecule has 0 aliphatic carbocycles. The Morgan fingerprint density at radius 1 is 0.618 bits per heavy atom. The quantitative estimate of drug-likeness (QED) is 0.125. The maximum Gasteiger partial charge on any atom is 0.163 e. The van der Waals surface area contributed by atoms with Gasteiger partial charge in [0.15, 0.2) is 8.75 Å². The fourth-order valence-electron chi connectivity index (χ4n) is 2.83. The Labute approximate surface area is 214 Å². The molecule has 4 rings (SSSR count). The third-order valence-electron chi connectivity index (χ3n) is 4.43. The van der Waals surface area contributed by atoms with Crippen molar-refractivity contribution >= 4 is 88.1 Å². The average molecular weight is 521 g/mol. The molecule has 0 spiro atoms. The van der Waals surface area contributed by atoms with Gasteiger partial charge < -0.3 is 0 Å². The summed E-state index contributed by atoms with van der Waals surface area (Å²) in [6, 6.07) is 23.9. The Morgan fingerprint density at radius 3 is 1.50 bits per heavy atom. The van der Waals surface area contributed by atoms with Crippen molar-refractivity contribution in [2.24, 2.45) is 20.4 Å². The largest absolute Gasteiger partial charge is 0.247 e. The molecule has 0 amide bonds. The second-order valence-corrected chi connectivity index (χ2v) is 10.9. The third-order valence-corrected chi connectivity index (χ3v) is 9.16. The second-order valence-electron chi connectivity index (χ2n) is 6.65. The van der Waals surface area contributed by atoms with Gasteiger partial charge in [0, 0.05) is 10.8 Å². The first kappa shape index (κ1) is 24.5. The van der Waals surface area contributed by atoms with E-state index >= 15 is 0 Å². The average Bonchev–Trinajstić information content (AvgIpc) is 2.89. The number of nitrogens with zero attached hydrogens (tertiary/aromatic N) is 6. The standard InChI is InChI=1S/C24H20N6S4/c1-31-23(29-25-15-19-13-11-17-7-3-5-9-21(17)27-19)33-34-24(32-2)30-26-16-20-14-12-18-8-4-6-10-22(18)28-20/h3-16H,1-2H3/b25-15+,26-16+,29-23+,30-24+. The molecular weight excluding hydrogens is 501 g/mol. The zero-order valence-electron chi connectivity index (χ0n) is 18.4. The van der Waals surface area contributed by atoms with E-state index in [1.165, 1.54) is 45.1 Å². The van der Waals surface area contributed by atoms with Gasteiger partial charge in [0.2, 0.25) is 0 Å². The minimum absolute atomic E-state index is 0.767. The van der Waals surface area contributed by atoms with Crippen molar-refractivity contribution in [3.05, 3.63) is 84.2 Å². The monoisotopic (exact) mass is 520 g/mol. The highest BCUT2D eigenvalue weighted by molar-refractivity contribution is 8.93. The van der Waals surface area contributed by atoms with Crippen LogP contribution in [0.25, 0.3) is 21.8 Å². The molecule has 0 aliphatic rings. The predicted molar refractivity (Wildman–Crippen MR) is 156 cm³/mol. The molecule has 2 heterocycles. The molecule has 0 N–H and O–H groups in total. The smallest absolute Gasteiger partial charge is 0.163 e. The molecule has 0 bridgehead atoms. The Morgan fingerprint density at radius 2 is 1.06 bits per heavy atom. The Balaban J connectivity index is 1.36. The summed E-state index contributed by atoms with van der Waals surface area (Å²) in [7, 11) is 2.99. The van der Waals surface area contributed by atoms with Gasteiger partial charge in [0.1, 0.15) is 0 Å².